The van der Waals surface area contributed by atoms with Crippen molar-refractivity contribution < 1.29 is 4.42 Å². The molecule has 0 atom stereocenters. The number of furan rings is 1. The Kier molecular flexibility index (Phi) is 10.1. The van der Waals surface area contributed by atoms with Crippen molar-refractivity contribution in [2.75, 3.05) is 14.7 Å². The molecule has 5 heteroatoms. The van der Waals surface area contributed by atoms with Gasteiger partial charge in [0.15, 0.2) is 0 Å². The number of anilines is 9. The molecule has 0 spiro atoms. The molecule has 0 radical (unpaired) electrons. The number of benzene rings is 7. The fourth-order valence-corrected chi connectivity index (χ4v) is 13.1. The van der Waals surface area contributed by atoms with Crippen molar-refractivity contribution in [3.63, 3.8) is 0 Å². The zero-order valence-electron chi connectivity index (χ0n) is 46.4. The second-order valence-corrected chi connectivity index (χ2v) is 27.0. The number of fused-ring (bicyclic) bond motifs is 9. The Morgan fingerprint density at radius 3 is 1.55 bits per heavy atom. The number of hydrogen-bond donors (Lipinski definition) is 0. The lowest BCUT2D eigenvalue weighted by Gasteiger charge is -2.46. The molecule has 1 aromatic heterocycles. The van der Waals surface area contributed by atoms with Gasteiger partial charge in [-0.25, -0.2) is 0 Å². The topological polar surface area (TPSA) is 22.9 Å². The van der Waals surface area contributed by atoms with E-state index < -0.39 is 0 Å². The van der Waals surface area contributed by atoms with E-state index in [9.17, 15) is 0 Å². The van der Waals surface area contributed by atoms with Gasteiger partial charge in [0.2, 0.25) is 0 Å². The summed E-state index contributed by atoms with van der Waals surface area (Å²) in [6.07, 6.45) is 2.30. The van der Waals surface area contributed by atoms with Crippen LogP contribution < -0.4 is 31.3 Å². The molecule has 1 aliphatic carbocycles. The van der Waals surface area contributed by atoms with E-state index in [1.807, 2.05) is 0 Å². The van der Waals surface area contributed by atoms with Gasteiger partial charge in [-0.1, -0.05) is 177 Å². The van der Waals surface area contributed by atoms with E-state index in [0.717, 1.165) is 46.5 Å². The van der Waals surface area contributed by atoms with Crippen LogP contribution in [0, 0.1) is 6.92 Å². The quantitative estimate of drug-likeness (QED) is 0.165. The van der Waals surface area contributed by atoms with Crippen LogP contribution in [-0.2, 0) is 32.5 Å². The van der Waals surface area contributed by atoms with Crippen molar-refractivity contribution in [1.82, 2.24) is 0 Å². The predicted molar refractivity (Wildman–Crippen MR) is 313 cm³/mol. The number of nitrogens with zero attached hydrogens (tertiary/aromatic N) is 3. The van der Waals surface area contributed by atoms with E-state index in [0.29, 0.717) is 0 Å². The molecule has 0 fully saturated rings. The summed E-state index contributed by atoms with van der Waals surface area (Å²) in [7, 11) is 0. The Morgan fingerprint density at radius 1 is 0.452 bits per heavy atom. The summed E-state index contributed by atoms with van der Waals surface area (Å²) in [6.45, 7) is 37.7. The Morgan fingerprint density at radius 2 is 0.959 bits per heavy atom. The smallest absolute Gasteiger partial charge is 0.297 e. The van der Waals surface area contributed by atoms with Gasteiger partial charge in [0.1, 0.15) is 5.58 Å². The minimum Gasteiger partial charge on any atom is -0.468 e. The summed E-state index contributed by atoms with van der Waals surface area (Å²) >= 11 is 0. The minimum atomic E-state index is -0.204. The summed E-state index contributed by atoms with van der Waals surface area (Å²) in [5.74, 6) is 0. The summed E-state index contributed by atoms with van der Waals surface area (Å²) in [5.41, 5.74) is 25.5. The highest BCUT2D eigenvalue weighted by Crippen LogP contribution is 2.56. The van der Waals surface area contributed by atoms with Gasteiger partial charge in [0, 0.05) is 39.2 Å². The molecular weight excluding hydrogens is 886 g/mol. The summed E-state index contributed by atoms with van der Waals surface area (Å²) in [5, 5.41) is 1.15. The maximum atomic E-state index is 7.55. The SMILES string of the molecule is Cc1cc2c(cc1N1c3cc(N4c5ccccc5C(C)(C)c5ccccc54)cc4c3B(c3cc(C(C)(C)C)ccc3N4c3ccc(C(C)(C)C)cc3)c3oc4ccc(C(C)(C)C)cc4c31)C(C)(C)CCC2(C)C. The first-order chi connectivity index (χ1) is 34.3. The van der Waals surface area contributed by atoms with E-state index in [-0.39, 0.29) is 39.2 Å². The highest BCUT2D eigenvalue weighted by Gasteiger charge is 2.49. The lowest BCUT2D eigenvalue weighted by atomic mass is 9.35. The predicted octanol–water partition coefficient (Wildman–Crippen LogP) is 17.2. The van der Waals surface area contributed by atoms with Gasteiger partial charge in [-0.2, -0.15) is 0 Å². The van der Waals surface area contributed by atoms with Crippen LogP contribution in [0.3, 0.4) is 0 Å². The third-order valence-electron chi connectivity index (χ3n) is 17.7. The first-order valence-corrected chi connectivity index (χ1v) is 27.0. The molecule has 4 aliphatic rings. The maximum Gasteiger partial charge on any atom is 0.297 e. The molecule has 3 aliphatic heterocycles. The summed E-state index contributed by atoms with van der Waals surface area (Å²) in [6, 6.07) is 52.0. The first kappa shape index (κ1) is 47.5. The van der Waals surface area contributed by atoms with E-state index in [1.54, 1.807) is 0 Å². The molecule has 0 saturated carbocycles. The molecule has 0 bridgehead atoms. The molecule has 8 aromatic rings. The highest BCUT2D eigenvalue weighted by atomic mass is 16.3. The molecule has 0 N–H and O–H groups in total. The van der Waals surface area contributed by atoms with Crippen molar-refractivity contribution in [2.45, 2.75) is 156 Å². The second-order valence-electron chi connectivity index (χ2n) is 27.0. The van der Waals surface area contributed by atoms with Gasteiger partial charge >= 0.3 is 0 Å². The van der Waals surface area contributed by atoms with Gasteiger partial charge in [-0.3, -0.25) is 0 Å². The Labute approximate surface area is 436 Å². The third kappa shape index (κ3) is 7.14. The average molecular weight is 960 g/mol. The molecule has 0 amide bonds. The van der Waals surface area contributed by atoms with Gasteiger partial charge in [0.25, 0.3) is 6.71 Å². The van der Waals surface area contributed by atoms with E-state index in [1.165, 1.54) is 89.6 Å². The van der Waals surface area contributed by atoms with Crippen LogP contribution in [0.15, 0.2) is 138 Å². The van der Waals surface area contributed by atoms with Crippen molar-refractivity contribution >= 4 is 85.5 Å². The largest absolute Gasteiger partial charge is 0.468 e. The Bertz CT molecular complexity index is 3530. The van der Waals surface area contributed by atoms with Gasteiger partial charge < -0.3 is 19.1 Å². The third-order valence-corrected chi connectivity index (χ3v) is 17.7. The van der Waals surface area contributed by atoms with Gasteiger partial charge in [-0.15, -0.1) is 0 Å². The van der Waals surface area contributed by atoms with Crippen LogP contribution in [-0.4, -0.2) is 6.71 Å². The van der Waals surface area contributed by atoms with Crippen LogP contribution >= 0.6 is 0 Å². The average Bonchev–Trinajstić information content (AvgIpc) is 3.71. The van der Waals surface area contributed by atoms with Gasteiger partial charge in [-0.05, 0) is 163 Å². The van der Waals surface area contributed by atoms with Crippen LogP contribution in [0.2, 0.25) is 0 Å². The van der Waals surface area contributed by atoms with E-state index >= 15 is 0 Å². The molecule has 4 heterocycles. The molecule has 12 rings (SSSR count). The zero-order chi connectivity index (χ0) is 51.7. The summed E-state index contributed by atoms with van der Waals surface area (Å²) in [4.78, 5) is 7.80. The minimum absolute atomic E-state index is 0.0000616. The number of rotatable bonds is 3. The number of hydrogen-bond acceptors (Lipinski definition) is 4. The normalized spacial score (nSPS) is 17.2. The van der Waals surface area contributed by atoms with Crippen molar-refractivity contribution in [3.05, 3.63) is 178 Å². The number of aryl methyl sites for hydroxylation is 1. The first-order valence-electron chi connectivity index (χ1n) is 27.0. The highest BCUT2D eigenvalue weighted by molar-refractivity contribution is 7.00. The van der Waals surface area contributed by atoms with Crippen LogP contribution in [0.4, 0.5) is 51.2 Å². The summed E-state index contributed by atoms with van der Waals surface area (Å²) < 4.78 is 7.55. The Hall–Kier alpha value is -6.46. The van der Waals surface area contributed by atoms with Crippen LogP contribution in [0.5, 0.6) is 0 Å². The molecule has 4 nitrogen and oxygen atoms in total. The van der Waals surface area contributed by atoms with Crippen LogP contribution in [0.1, 0.15) is 161 Å². The molecular formula is C68H74BN3O. The molecule has 0 unspecified atom stereocenters. The van der Waals surface area contributed by atoms with Crippen LogP contribution in [0.25, 0.3) is 11.0 Å². The van der Waals surface area contributed by atoms with Crippen molar-refractivity contribution in [2.24, 2.45) is 0 Å². The van der Waals surface area contributed by atoms with E-state index in [4.69, 9.17) is 4.42 Å². The molecule has 7 aromatic carbocycles. The van der Waals surface area contributed by atoms with E-state index in [2.05, 4.69) is 259 Å². The lowest BCUT2D eigenvalue weighted by molar-refractivity contribution is 0.332. The fourth-order valence-electron chi connectivity index (χ4n) is 13.1. The van der Waals surface area contributed by atoms with Crippen molar-refractivity contribution in [1.29, 1.82) is 0 Å². The molecule has 0 saturated heterocycles. The fraction of sp³-hybridized carbons (Fsp3) is 0.353. The lowest BCUT2D eigenvalue weighted by Crippen LogP contribution is -2.61. The zero-order valence-corrected chi connectivity index (χ0v) is 46.4. The Balaban J connectivity index is 1.26. The molecule has 370 valence electrons. The van der Waals surface area contributed by atoms with Gasteiger partial charge in [0.05, 0.1) is 28.4 Å². The maximum absolute atomic E-state index is 7.55. The van der Waals surface area contributed by atoms with Crippen molar-refractivity contribution in [3.8, 4) is 0 Å². The standard InChI is InChI=1S/C68H74BN3O/c1-41-35-50-51(67(13,14)34-33-66(50,11)12)40-56(41)72-58-39-46(71-53-23-19-17-21-48(53)68(15,16)49-22-18-20-24-54(49)71)38-57-60(58)69(62-61(72)47-36-43(64(5,6)7)28-32-59(47)73-62)52-37-44(65(8,9)10)27-31-55(52)70(57)45-29-25-42(26-30-45)63(2,3)4/h17-32,35-40H,33-34H2,1-16H3. The monoisotopic (exact) mass is 960 g/mol. The molecule has 73 heavy (non-hydrogen) atoms. The second kappa shape index (κ2) is 15.5. The number of para-hydroxylation sites is 2.